The third-order valence-corrected chi connectivity index (χ3v) is 0. The summed E-state index contributed by atoms with van der Waals surface area (Å²) in [6.45, 7) is 9.00. The smallest absolute Gasteiger partial charge is 0.281 e. The fraction of sp³-hybridized carbons (Fsp3) is 0. The summed E-state index contributed by atoms with van der Waals surface area (Å²) in [6.07, 6.45) is 0. The van der Waals surface area contributed by atoms with Crippen LogP contribution in [0.2, 0.25) is 0 Å². The van der Waals surface area contributed by atoms with Gasteiger partial charge in [-0.2, -0.15) is 0 Å². The van der Waals surface area contributed by atoms with E-state index in [1.165, 1.54) is 0 Å². The molecule has 0 aromatic heterocycles. The first-order chi connectivity index (χ1) is 3.41. The van der Waals surface area contributed by atoms with Crippen molar-refractivity contribution in [2.45, 2.75) is 0 Å². The Hall–Kier alpha value is 0.988. The molecule has 4 radical (unpaired) electrons. The van der Waals surface area contributed by atoms with Crippen LogP contribution in [0.15, 0.2) is 0 Å². The van der Waals surface area contributed by atoms with Crippen molar-refractivity contribution in [3.05, 3.63) is 0 Å². The minimum absolute atomic E-state index is 0.208. The summed E-state index contributed by atoms with van der Waals surface area (Å²) in [5, 5.41) is 0. The quantitative estimate of drug-likeness (QED) is 0.594. The second-order valence-electron chi connectivity index (χ2n) is 0.0452. The predicted molar refractivity (Wildman–Crippen MR) is 29.2 cm³/mol. The molecule has 44 valence electrons. The van der Waals surface area contributed by atoms with E-state index in [4.69, 9.17) is 9.59 Å². The van der Waals surface area contributed by atoms with E-state index in [2.05, 4.69) is 40.2 Å². The number of rotatable bonds is 0. The van der Waals surface area contributed by atoms with E-state index >= 15 is 0 Å². The molecule has 0 fully saturated rings. The molecule has 0 aromatic rings. The van der Waals surface area contributed by atoms with Crippen molar-refractivity contribution >= 4 is 40.2 Å². The molecule has 0 amide bonds. The maximum atomic E-state index is 7.50. The Bertz CT molecular complexity index is 21.2. The number of halogens is 2. The molecular weight excluding hydrogens is 411 g/mol. The summed E-state index contributed by atoms with van der Waals surface area (Å²) < 4.78 is 0. The summed E-state index contributed by atoms with van der Waals surface area (Å²) in [4.78, 5) is 15.0. The molecule has 0 unspecified atom stereocenters. The van der Waals surface area contributed by atoms with Crippen molar-refractivity contribution in [2.75, 3.05) is 0 Å². The molecule has 0 aromatic carbocycles. The second kappa shape index (κ2) is 63.4. The Labute approximate surface area is 63.9 Å². The summed E-state index contributed by atoms with van der Waals surface area (Å²) >= 11 is 6.56. The van der Waals surface area contributed by atoms with Crippen LogP contribution in [0.25, 0.3) is 0 Å². The van der Waals surface area contributed by atoms with E-state index < -0.39 is 0 Å². The van der Waals surface area contributed by atoms with Gasteiger partial charge >= 0.3 is 41.0 Å². The van der Waals surface area contributed by atoms with E-state index in [1.807, 2.05) is 0 Å². The van der Waals surface area contributed by atoms with Crippen molar-refractivity contribution in [3.8, 4) is 0 Å². The molecule has 0 atom stereocenters. The van der Waals surface area contributed by atoms with Crippen LogP contribution in [-0.2, 0) is 24.0 Å². The SMILES string of the molecule is [Br][Pt][Br].[C]=O.[C]=O. The number of hydrogen-bond acceptors (Lipinski definition) is 2. The maximum Gasteiger partial charge on any atom is 0.281 e. The third kappa shape index (κ3) is 178. The second-order valence-corrected chi connectivity index (χ2v) is 9.98. The van der Waals surface area contributed by atoms with E-state index in [9.17, 15) is 0 Å². The molecule has 0 aliphatic carbocycles. The molecule has 0 saturated carbocycles. The van der Waals surface area contributed by atoms with E-state index in [0.29, 0.717) is 0 Å². The minimum atomic E-state index is 0.208. The number of carbonyl (C=O) groups excluding carboxylic acids is 2. The molecule has 0 N–H and O–H groups in total. The Morgan fingerprint density at radius 3 is 1.00 bits per heavy atom. The van der Waals surface area contributed by atoms with Gasteiger partial charge in [-0.25, -0.2) is 0 Å². The summed E-state index contributed by atoms with van der Waals surface area (Å²) in [7, 11) is 0. The Kier molecular flexibility index (Phi) is 142. The van der Waals surface area contributed by atoms with Crippen LogP contribution >= 0.6 is 26.6 Å². The van der Waals surface area contributed by atoms with Crippen LogP contribution < -0.4 is 0 Å². The zero-order valence-electron chi connectivity index (χ0n) is 2.89. The monoisotopic (exact) mass is 409 g/mol. The van der Waals surface area contributed by atoms with Gasteiger partial charge in [0, 0.05) is 0 Å². The predicted octanol–water partition coefficient (Wildman–Crippen LogP) is 0.895. The van der Waals surface area contributed by atoms with E-state index in [0.717, 1.165) is 0 Å². The normalized spacial score (nSPS) is 4.29. The molecule has 0 aliphatic rings. The largest absolute Gasteiger partial charge is 0.281 e. The van der Waals surface area contributed by atoms with Gasteiger partial charge in [-0.15, -0.1) is 0 Å². The first kappa shape index (κ1) is 15.7. The van der Waals surface area contributed by atoms with Crippen molar-refractivity contribution in [2.24, 2.45) is 0 Å². The molecule has 0 saturated heterocycles. The molecule has 0 heterocycles. The molecule has 0 rings (SSSR count). The average molecular weight is 411 g/mol. The van der Waals surface area contributed by atoms with Crippen LogP contribution in [0.3, 0.4) is 0 Å². The van der Waals surface area contributed by atoms with Crippen LogP contribution in [0.5, 0.6) is 0 Å². The molecule has 0 bridgehead atoms. The van der Waals surface area contributed by atoms with Gasteiger partial charge < -0.3 is 0 Å². The fourth-order valence-corrected chi connectivity index (χ4v) is 0. The maximum absolute atomic E-state index is 7.50. The van der Waals surface area contributed by atoms with Crippen molar-refractivity contribution in [1.82, 2.24) is 0 Å². The number of hydrogen-bond donors (Lipinski definition) is 0. The van der Waals surface area contributed by atoms with Gasteiger partial charge in [0.25, 0.3) is 13.6 Å². The fourth-order valence-electron chi connectivity index (χ4n) is 0. The topological polar surface area (TPSA) is 34.1 Å². The third-order valence-electron chi connectivity index (χ3n) is 0. The van der Waals surface area contributed by atoms with E-state index in [1.54, 1.807) is 0 Å². The summed E-state index contributed by atoms with van der Waals surface area (Å²) in [5.74, 6) is 0. The van der Waals surface area contributed by atoms with Gasteiger partial charge in [-0.05, 0) is 0 Å². The van der Waals surface area contributed by atoms with Gasteiger partial charge in [0.05, 0.1) is 0 Å². The standard InChI is InChI=1S/2CO.2BrH.Pt/c2*1-2;;;/h;;2*1H;/q;;;;+2/p-2. The van der Waals surface area contributed by atoms with Gasteiger partial charge in [-0.3, -0.25) is 9.59 Å². The Morgan fingerprint density at radius 1 is 1.00 bits per heavy atom. The Balaban J connectivity index is -0.0000000360. The first-order valence-electron chi connectivity index (χ1n) is 0.647. The van der Waals surface area contributed by atoms with Crippen LogP contribution in [-0.4, -0.2) is 13.6 Å². The van der Waals surface area contributed by atoms with Crippen molar-refractivity contribution < 1.29 is 24.0 Å². The Morgan fingerprint density at radius 2 is 1.00 bits per heavy atom. The molecular formula is C2Br2O2Pt. The van der Waals surface area contributed by atoms with Gasteiger partial charge in [-0.1, -0.05) is 0 Å². The van der Waals surface area contributed by atoms with E-state index in [-0.39, 0.29) is 14.5 Å². The zero-order chi connectivity index (χ0) is 6.71. The van der Waals surface area contributed by atoms with Gasteiger partial charge in [0.1, 0.15) is 0 Å². The average Bonchev–Trinajstić information content (AvgIpc) is 1.78. The van der Waals surface area contributed by atoms with Crippen molar-refractivity contribution in [1.29, 1.82) is 0 Å². The summed E-state index contributed by atoms with van der Waals surface area (Å²) in [5.41, 5.74) is 0. The summed E-state index contributed by atoms with van der Waals surface area (Å²) in [6, 6.07) is 0. The molecule has 7 heavy (non-hydrogen) atoms. The molecule has 5 heteroatoms. The minimum Gasteiger partial charge on any atom is -0.281 e. The van der Waals surface area contributed by atoms with Gasteiger partial charge in [0.15, 0.2) is 0 Å². The van der Waals surface area contributed by atoms with Gasteiger partial charge in [0.2, 0.25) is 0 Å². The first-order valence-corrected chi connectivity index (χ1v) is 10.6. The zero-order valence-corrected chi connectivity index (χ0v) is 8.33. The van der Waals surface area contributed by atoms with Crippen LogP contribution in [0.4, 0.5) is 0 Å². The molecule has 0 aliphatic heterocycles. The van der Waals surface area contributed by atoms with Crippen molar-refractivity contribution in [3.63, 3.8) is 0 Å². The van der Waals surface area contributed by atoms with Crippen LogP contribution in [0, 0.1) is 0 Å². The van der Waals surface area contributed by atoms with Crippen LogP contribution in [0.1, 0.15) is 0 Å². The molecule has 0 spiro atoms. The molecule has 2 nitrogen and oxygen atoms in total.